The lowest BCUT2D eigenvalue weighted by atomic mass is 10.0. The molecule has 160 valence electrons. The van der Waals surface area contributed by atoms with E-state index in [-0.39, 0.29) is 23.8 Å². The zero-order chi connectivity index (χ0) is 22.7. The molecule has 0 aliphatic rings. The molecule has 7 heteroatoms. The Morgan fingerprint density at radius 1 is 1.06 bits per heavy atom. The first kappa shape index (κ1) is 22.7. The van der Waals surface area contributed by atoms with Crippen LogP contribution < -0.4 is 14.8 Å². The van der Waals surface area contributed by atoms with E-state index in [9.17, 15) is 14.4 Å². The number of hydrogen-bond donors (Lipinski definition) is 0. The fourth-order valence-corrected chi connectivity index (χ4v) is 4.26. The lowest BCUT2D eigenvalue weighted by Crippen LogP contribution is -2.37. The van der Waals surface area contributed by atoms with Crippen molar-refractivity contribution >= 4 is 46.8 Å². The number of aromatic nitrogens is 1. The summed E-state index contributed by atoms with van der Waals surface area (Å²) in [7, 11) is 3.26. The first-order chi connectivity index (χ1) is 14.6. The van der Waals surface area contributed by atoms with Gasteiger partial charge in [0, 0.05) is 30.8 Å². The van der Waals surface area contributed by atoms with Crippen molar-refractivity contribution in [3.63, 3.8) is 0 Å². The highest BCUT2D eigenvalue weighted by Gasteiger charge is 2.13. The molecule has 31 heavy (non-hydrogen) atoms. The van der Waals surface area contributed by atoms with Gasteiger partial charge >= 0.3 is 0 Å². The Kier molecular flexibility index (Phi) is 6.93. The molecule has 0 aliphatic carbocycles. The number of rotatable bonds is 5. The summed E-state index contributed by atoms with van der Waals surface area (Å²) in [6, 6.07) is 12.7. The summed E-state index contributed by atoms with van der Waals surface area (Å²) in [5.41, 5.74) is 3.02. The molecule has 0 bridgehead atoms. The summed E-state index contributed by atoms with van der Waals surface area (Å²) in [6.45, 7) is 3.72. The third-order valence-corrected chi connectivity index (χ3v) is 5.97. The molecule has 3 rings (SSSR count). The maximum atomic E-state index is 13.1. The first-order valence-electron chi connectivity index (χ1n) is 9.65. The lowest BCUT2D eigenvalue weighted by molar-refractivity contribution is -0.129. The quantitative estimate of drug-likeness (QED) is 0.557. The SMILES string of the molecule is Cc1cc(C)cc(C(=O)/C=c2\s/c(=C\c3ccc(Cl)cc3)c(=O)n2CC(=O)N(C)C)c1. The smallest absolute Gasteiger partial charge is 0.269 e. The van der Waals surface area contributed by atoms with Crippen molar-refractivity contribution in [2.24, 2.45) is 0 Å². The fourth-order valence-electron chi connectivity index (χ4n) is 3.09. The van der Waals surface area contributed by atoms with Crippen LogP contribution in [0.2, 0.25) is 5.02 Å². The predicted octanol–water partition coefficient (Wildman–Crippen LogP) is 2.76. The molecule has 1 amide bonds. The van der Waals surface area contributed by atoms with Crippen LogP contribution in [-0.2, 0) is 11.3 Å². The number of hydrogen-bond acceptors (Lipinski definition) is 4. The van der Waals surface area contributed by atoms with Gasteiger partial charge in [0.15, 0.2) is 5.78 Å². The molecule has 2 aromatic carbocycles. The second kappa shape index (κ2) is 9.45. The standard InChI is InChI=1S/C24H23ClN2O3S/c1-15-9-16(2)11-18(10-15)20(28)13-23-27(14-22(29)26(3)4)24(30)21(31-23)12-17-5-7-19(25)8-6-17/h5-13H,14H2,1-4H3/b21-12-,23-13-. The average molecular weight is 455 g/mol. The fraction of sp³-hybridized carbons (Fsp3) is 0.208. The normalized spacial score (nSPS) is 12.3. The number of ketones is 1. The second-order valence-electron chi connectivity index (χ2n) is 7.56. The summed E-state index contributed by atoms with van der Waals surface area (Å²) in [5.74, 6) is -0.441. The number of Topliss-reactive ketones (excluding diaryl/α,β-unsaturated/α-hetero) is 1. The number of benzene rings is 2. The Bertz CT molecular complexity index is 1300. The topological polar surface area (TPSA) is 59.4 Å². The Balaban J connectivity index is 2.16. The van der Waals surface area contributed by atoms with Crippen LogP contribution in [0.5, 0.6) is 0 Å². The van der Waals surface area contributed by atoms with Gasteiger partial charge in [-0.1, -0.05) is 40.9 Å². The Labute approximate surface area is 189 Å². The van der Waals surface area contributed by atoms with Gasteiger partial charge in [0.05, 0.1) is 4.53 Å². The van der Waals surface area contributed by atoms with Gasteiger partial charge < -0.3 is 4.90 Å². The van der Waals surface area contributed by atoms with Gasteiger partial charge in [-0.15, -0.1) is 11.3 Å². The summed E-state index contributed by atoms with van der Waals surface area (Å²) in [4.78, 5) is 39.7. The highest BCUT2D eigenvalue weighted by Crippen LogP contribution is 2.11. The van der Waals surface area contributed by atoms with Gasteiger partial charge in [-0.2, -0.15) is 0 Å². The van der Waals surface area contributed by atoms with E-state index in [0.29, 0.717) is 19.8 Å². The molecule has 0 saturated heterocycles. The molecule has 0 unspecified atom stereocenters. The summed E-state index contributed by atoms with van der Waals surface area (Å²) in [6.07, 6.45) is 3.17. The maximum Gasteiger partial charge on any atom is 0.269 e. The van der Waals surface area contributed by atoms with Gasteiger partial charge in [-0.3, -0.25) is 19.0 Å². The molecule has 1 heterocycles. The molecule has 0 aliphatic heterocycles. The molecule has 0 atom stereocenters. The highest BCUT2D eigenvalue weighted by atomic mass is 35.5. The number of aryl methyl sites for hydroxylation is 2. The van der Waals surface area contributed by atoms with Crippen LogP contribution in [0, 0.1) is 13.8 Å². The maximum absolute atomic E-state index is 13.1. The van der Waals surface area contributed by atoms with E-state index in [0.717, 1.165) is 16.7 Å². The molecule has 0 spiro atoms. The molecule has 0 radical (unpaired) electrons. The largest absolute Gasteiger partial charge is 0.347 e. The van der Waals surface area contributed by atoms with Crippen LogP contribution in [-0.4, -0.2) is 35.3 Å². The third-order valence-electron chi connectivity index (χ3n) is 4.66. The number of carbonyl (C=O) groups excluding carboxylic acids is 2. The Hall–Kier alpha value is -2.96. The number of amides is 1. The number of nitrogens with zero attached hydrogens (tertiary/aromatic N) is 2. The molecular weight excluding hydrogens is 432 g/mol. The highest BCUT2D eigenvalue weighted by molar-refractivity contribution is 7.07. The first-order valence-corrected chi connectivity index (χ1v) is 10.8. The van der Waals surface area contributed by atoms with Crippen LogP contribution in [0.15, 0.2) is 47.3 Å². The van der Waals surface area contributed by atoms with Crippen molar-refractivity contribution in [3.8, 4) is 0 Å². The van der Waals surface area contributed by atoms with E-state index in [2.05, 4.69) is 0 Å². The Morgan fingerprint density at radius 3 is 2.26 bits per heavy atom. The van der Waals surface area contributed by atoms with E-state index in [1.165, 1.54) is 26.9 Å². The van der Waals surface area contributed by atoms with Gasteiger partial charge in [0.25, 0.3) is 5.56 Å². The summed E-state index contributed by atoms with van der Waals surface area (Å²) >= 11 is 7.12. The van der Waals surface area contributed by atoms with E-state index in [4.69, 9.17) is 11.6 Å². The third kappa shape index (κ3) is 5.60. The van der Waals surface area contributed by atoms with Crippen LogP contribution >= 0.6 is 22.9 Å². The second-order valence-corrected chi connectivity index (χ2v) is 9.06. The van der Waals surface area contributed by atoms with Crippen molar-refractivity contribution in [2.45, 2.75) is 20.4 Å². The molecule has 1 aromatic heterocycles. The average Bonchev–Trinajstić information content (AvgIpc) is 2.97. The number of thiazole rings is 1. The van der Waals surface area contributed by atoms with E-state index >= 15 is 0 Å². The zero-order valence-electron chi connectivity index (χ0n) is 17.8. The minimum atomic E-state index is -0.311. The lowest BCUT2D eigenvalue weighted by Gasteiger charge is -2.10. The Morgan fingerprint density at radius 2 is 1.68 bits per heavy atom. The van der Waals surface area contributed by atoms with Gasteiger partial charge in [0.2, 0.25) is 5.91 Å². The number of halogens is 1. The number of likely N-dealkylation sites (N-methyl/N-ethyl adjacent to an activating group) is 1. The van der Waals surface area contributed by atoms with Crippen LogP contribution in [0.4, 0.5) is 0 Å². The van der Waals surface area contributed by atoms with Gasteiger partial charge in [-0.25, -0.2) is 0 Å². The molecule has 0 saturated carbocycles. The van der Waals surface area contributed by atoms with Crippen molar-refractivity contribution in [2.75, 3.05) is 14.1 Å². The van der Waals surface area contributed by atoms with Crippen LogP contribution in [0.1, 0.15) is 27.0 Å². The van der Waals surface area contributed by atoms with Gasteiger partial charge in [0.1, 0.15) is 11.2 Å². The van der Waals surface area contributed by atoms with Crippen molar-refractivity contribution < 1.29 is 9.59 Å². The molecule has 0 N–H and O–H groups in total. The van der Waals surface area contributed by atoms with Crippen molar-refractivity contribution in [1.29, 1.82) is 0 Å². The molecule has 3 aromatic rings. The summed E-state index contributed by atoms with van der Waals surface area (Å²) in [5, 5.41) is 0.602. The summed E-state index contributed by atoms with van der Waals surface area (Å²) < 4.78 is 2.23. The minimum Gasteiger partial charge on any atom is -0.347 e. The van der Waals surface area contributed by atoms with E-state index < -0.39 is 0 Å². The van der Waals surface area contributed by atoms with Crippen LogP contribution in [0.3, 0.4) is 0 Å². The van der Waals surface area contributed by atoms with E-state index in [1.807, 2.05) is 32.0 Å². The van der Waals surface area contributed by atoms with E-state index in [1.54, 1.807) is 44.4 Å². The molecule has 5 nitrogen and oxygen atoms in total. The van der Waals surface area contributed by atoms with Gasteiger partial charge in [-0.05, 0) is 49.8 Å². The monoisotopic (exact) mass is 454 g/mol. The van der Waals surface area contributed by atoms with Crippen molar-refractivity contribution in [1.82, 2.24) is 9.47 Å². The minimum absolute atomic E-state index is 0.136. The predicted molar refractivity (Wildman–Crippen MR) is 126 cm³/mol. The molecular formula is C24H23ClN2O3S. The van der Waals surface area contributed by atoms with Crippen molar-refractivity contribution in [3.05, 3.63) is 89.3 Å². The number of carbonyl (C=O) groups is 2. The zero-order valence-corrected chi connectivity index (χ0v) is 19.4. The molecule has 0 fully saturated rings. The van der Waals surface area contributed by atoms with Crippen LogP contribution in [0.25, 0.3) is 12.2 Å².